The minimum Gasteiger partial charge on any atom is -0.398 e. The number of rotatable bonds is 2. The number of hydrazine groups is 1. The van der Waals surface area contributed by atoms with Crippen LogP contribution in [-0.2, 0) is 4.79 Å². The highest BCUT2D eigenvalue weighted by Gasteiger charge is 2.47. The van der Waals surface area contributed by atoms with E-state index < -0.39 is 0 Å². The Hall–Kier alpha value is -1.79. The van der Waals surface area contributed by atoms with Crippen molar-refractivity contribution < 1.29 is 4.79 Å². The van der Waals surface area contributed by atoms with Gasteiger partial charge in [-0.1, -0.05) is 11.6 Å². The molecule has 2 aliphatic rings. The lowest BCUT2D eigenvalue weighted by molar-refractivity contribution is -0.137. The Balaban J connectivity index is 1.83. The first kappa shape index (κ1) is 15.1. The van der Waals surface area contributed by atoms with E-state index in [9.17, 15) is 4.79 Å². The molecule has 0 saturated carbocycles. The number of nitrogens with two attached hydrogens (primary N) is 2. The SMILES string of the molecule is N=Cc1c(N)cc(Cl)cc1N1CCC2(CCN(N)C2=O)CC1. The van der Waals surface area contributed by atoms with E-state index in [0.717, 1.165) is 38.0 Å². The number of amides is 1. The van der Waals surface area contributed by atoms with Gasteiger partial charge in [-0.2, -0.15) is 0 Å². The Labute approximate surface area is 134 Å². The molecule has 0 atom stereocenters. The van der Waals surface area contributed by atoms with Crippen molar-refractivity contribution in [3.05, 3.63) is 22.7 Å². The first-order valence-electron chi connectivity index (χ1n) is 7.38. The molecule has 22 heavy (non-hydrogen) atoms. The predicted molar refractivity (Wildman–Crippen MR) is 88.1 cm³/mol. The summed E-state index contributed by atoms with van der Waals surface area (Å²) in [5.41, 5.74) is 7.70. The van der Waals surface area contributed by atoms with E-state index in [-0.39, 0.29) is 11.3 Å². The molecule has 5 N–H and O–H groups in total. The topological polar surface area (TPSA) is 99.4 Å². The van der Waals surface area contributed by atoms with Gasteiger partial charge >= 0.3 is 0 Å². The molecule has 1 amide bonds. The maximum absolute atomic E-state index is 12.3. The smallest absolute Gasteiger partial charge is 0.242 e. The second kappa shape index (κ2) is 5.44. The first-order chi connectivity index (χ1) is 10.5. The maximum atomic E-state index is 12.3. The summed E-state index contributed by atoms with van der Waals surface area (Å²) in [7, 11) is 0. The van der Waals surface area contributed by atoms with Gasteiger partial charge in [0.15, 0.2) is 0 Å². The number of nitrogen functional groups attached to an aromatic ring is 1. The van der Waals surface area contributed by atoms with Crippen molar-refractivity contribution in [3.8, 4) is 0 Å². The van der Waals surface area contributed by atoms with Gasteiger partial charge in [0.25, 0.3) is 0 Å². The van der Waals surface area contributed by atoms with Gasteiger partial charge in [-0.3, -0.25) is 9.80 Å². The quantitative estimate of drug-likeness (QED) is 0.333. The van der Waals surface area contributed by atoms with Gasteiger partial charge in [-0.05, 0) is 31.4 Å². The fraction of sp³-hybridized carbons (Fsp3) is 0.467. The van der Waals surface area contributed by atoms with Crippen LogP contribution in [0.4, 0.5) is 11.4 Å². The Morgan fingerprint density at radius 1 is 1.23 bits per heavy atom. The van der Waals surface area contributed by atoms with Crippen molar-refractivity contribution in [2.45, 2.75) is 19.3 Å². The van der Waals surface area contributed by atoms with Gasteiger partial charge in [0.2, 0.25) is 5.91 Å². The zero-order valence-electron chi connectivity index (χ0n) is 12.3. The molecule has 0 aliphatic carbocycles. The molecule has 7 heteroatoms. The van der Waals surface area contributed by atoms with Gasteiger partial charge < -0.3 is 16.0 Å². The highest BCUT2D eigenvalue weighted by Crippen LogP contribution is 2.42. The van der Waals surface area contributed by atoms with Crippen molar-refractivity contribution in [2.75, 3.05) is 30.3 Å². The fourth-order valence-corrected chi connectivity index (χ4v) is 3.75. The van der Waals surface area contributed by atoms with Crippen molar-refractivity contribution in [3.63, 3.8) is 0 Å². The zero-order chi connectivity index (χ0) is 15.9. The summed E-state index contributed by atoms with van der Waals surface area (Å²) in [4.78, 5) is 14.4. The number of carbonyl (C=O) groups is 1. The third kappa shape index (κ3) is 2.32. The van der Waals surface area contributed by atoms with Crippen LogP contribution in [-0.4, -0.2) is 36.8 Å². The van der Waals surface area contributed by atoms with Crippen LogP contribution < -0.4 is 16.5 Å². The lowest BCUT2D eigenvalue weighted by Crippen LogP contribution is -2.46. The molecular weight excluding hydrogens is 302 g/mol. The van der Waals surface area contributed by atoms with Gasteiger partial charge in [0, 0.05) is 47.8 Å². The Morgan fingerprint density at radius 3 is 2.41 bits per heavy atom. The summed E-state index contributed by atoms with van der Waals surface area (Å²) in [6.07, 6.45) is 3.62. The number of carbonyl (C=O) groups excluding carboxylic acids is 1. The highest BCUT2D eigenvalue weighted by atomic mass is 35.5. The van der Waals surface area contributed by atoms with Crippen LogP contribution in [0.2, 0.25) is 5.02 Å². The molecule has 0 aromatic heterocycles. The van der Waals surface area contributed by atoms with E-state index in [0.29, 0.717) is 22.8 Å². The molecular formula is C15H20ClN5O. The van der Waals surface area contributed by atoms with Crippen LogP contribution in [0.25, 0.3) is 0 Å². The van der Waals surface area contributed by atoms with Crippen LogP contribution in [0.5, 0.6) is 0 Å². The summed E-state index contributed by atoms with van der Waals surface area (Å²) in [6, 6.07) is 3.49. The summed E-state index contributed by atoms with van der Waals surface area (Å²) >= 11 is 6.10. The van der Waals surface area contributed by atoms with Gasteiger partial charge in [0.1, 0.15) is 0 Å². The molecule has 1 aromatic carbocycles. The van der Waals surface area contributed by atoms with Crippen LogP contribution in [0.3, 0.4) is 0 Å². The number of halogens is 1. The Bertz CT molecular complexity index is 625. The Kier molecular flexibility index (Phi) is 3.74. The molecule has 2 fully saturated rings. The van der Waals surface area contributed by atoms with Gasteiger partial charge in [0.05, 0.1) is 5.41 Å². The molecule has 6 nitrogen and oxygen atoms in total. The average molecular weight is 322 g/mol. The minimum atomic E-state index is -0.305. The molecule has 0 radical (unpaired) electrons. The van der Waals surface area contributed by atoms with E-state index in [2.05, 4.69) is 4.90 Å². The molecule has 1 spiro atoms. The van der Waals surface area contributed by atoms with Crippen LogP contribution in [0.15, 0.2) is 12.1 Å². The molecule has 3 rings (SSSR count). The summed E-state index contributed by atoms with van der Waals surface area (Å²) in [5, 5.41) is 9.48. The van der Waals surface area contributed by atoms with E-state index >= 15 is 0 Å². The zero-order valence-corrected chi connectivity index (χ0v) is 13.1. The second-order valence-electron chi connectivity index (χ2n) is 6.09. The molecule has 0 unspecified atom stereocenters. The molecule has 2 saturated heterocycles. The number of hydrogen-bond donors (Lipinski definition) is 3. The van der Waals surface area contributed by atoms with Crippen LogP contribution >= 0.6 is 11.6 Å². The first-order valence-corrected chi connectivity index (χ1v) is 7.76. The van der Waals surface area contributed by atoms with E-state index in [1.54, 1.807) is 6.07 Å². The molecule has 1 aromatic rings. The number of benzene rings is 1. The molecule has 2 aliphatic heterocycles. The maximum Gasteiger partial charge on any atom is 0.242 e. The summed E-state index contributed by atoms with van der Waals surface area (Å²) in [6.45, 7) is 2.11. The number of piperidine rings is 1. The van der Waals surface area contributed by atoms with Crippen molar-refractivity contribution in [1.82, 2.24) is 5.01 Å². The predicted octanol–water partition coefficient (Wildman–Crippen LogP) is 1.61. The number of nitrogens with one attached hydrogen (secondary N) is 1. The van der Waals surface area contributed by atoms with Gasteiger partial charge in [-0.15, -0.1) is 0 Å². The monoisotopic (exact) mass is 321 g/mol. The van der Waals surface area contributed by atoms with Crippen molar-refractivity contribution in [1.29, 1.82) is 5.41 Å². The molecule has 0 bridgehead atoms. The second-order valence-corrected chi connectivity index (χ2v) is 6.52. The highest BCUT2D eigenvalue weighted by molar-refractivity contribution is 6.31. The summed E-state index contributed by atoms with van der Waals surface area (Å²) < 4.78 is 0. The van der Waals surface area contributed by atoms with Gasteiger partial charge in [-0.25, -0.2) is 5.84 Å². The van der Waals surface area contributed by atoms with Crippen LogP contribution in [0, 0.1) is 10.8 Å². The Morgan fingerprint density at radius 2 is 1.86 bits per heavy atom. The van der Waals surface area contributed by atoms with Crippen molar-refractivity contribution in [2.24, 2.45) is 11.3 Å². The van der Waals surface area contributed by atoms with E-state index in [1.807, 2.05) is 6.07 Å². The van der Waals surface area contributed by atoms with Crippen molar-refractivity contribution >= 4 is 35.1 Å². The molecule has 118 valence electrons. The molecule has 2 heterocycles. The number of hydrogen-bond acceptors (Lipinski definition) is 5. The fourth-order valence-electron chi connectivity index (χ4n) is 3.53. The average Bonchev–Trinajstić information content (AvgIpc) is 2.76. The minimum absolute atomic E-state index is 0.0602. The van der Waals surface area contributed by atoms with E-state index in [1.165, 1.54) is 11.2 Å². The van der Waals surface area contributed by atoms with E-state index in [4.69, 9.17) is 28.6 Å². The lowest BCUT2D eigenvalue weighted by Gasteiger charge is -2.39. The van der Waals surface area contributed by atoms with Crippen LogP contribution in [0.1, 0.15) is 24.8 Å². The normalized spacial score (nSPS) is 20.7. The number of nitrogens with zero attached hydrogens (tertiary/aromatic N) is 2. The summed E-state index contributed by atoms with van der Waals surface area (Å²) in [5.74, 6) is 5.78. The third-order valence-corrected chi connectivity index (χ3v) is 5.12. The lowest BCUT2D eigenvalue weighted by atomic mass is 9.77. The number of anilines is 2. The third-order valence-electron chi connectivity index (χ3n) is 4.91. The standard InChI is InChI=1S/C15H20ClN5O/c16-10-7-12(18)11(9-17)13(8-10)20-4-1-15(2-5-20)3-6-21(19)14(15)22/h7-9,17H,1-6,18-19H2. The largest absolute Gasteiger partial charge is 0.398 e.